The molecule has 0 saturated carbocycles. The first-order valence-corrected chi connectivity index (χ1v) is 9.85. The number of nitrogens with one attached hydrogen (secondary N) is 1. The third-order valence-corrected chi connectivity index (χ3v) is 5.41. The van der Waals surface area contributed by atoms with Crippen molar-refractivity contribution in [2.24, 2.45) is 0 Å². The van der Waals surface area contributed by atoms with Gasteiger partial charge in [0.25, 0.3) is 6.43 Å². The maximum absolute atomic E-state index is 13.0. The van der Waals surface area contributed by atoms with Gasteiger partial charge in [-0.2, -0.15) is 0 Å². The van der Waals surface area contributed by atoms with Crippen LogP contribution in [0.25, 0.3) is 11.4 Å². The van der Waals surface area contributed by atoms with Crippen molar-refractivity contribution >= 4 is 11.5 Å². The van der Waals surface area contributed by atoms with Crippen molar-refractivity contribution < 1.29 is 8.78 Å². The first-order valence-electron chi connectivity index (χ1n) is 9.85. The van der Waals surface area contributed by atoms with Gasteiger partial charge < -0.3 is 10.2 Å². The largest absolute Gasteiger partial charge is 0.339 e. The topological polar surface area (TPSA) is 79.7 Å². The summed E-state index contributed by atoms with van der Waals surface area (Å²) >= 11 is 0. The van der Waals surface area contributed by atoms with E-state index in [9.17, 15) is 8.78 Å². The van der Waals surface area contributed by atoms with E-state index in [0.717, 1.165) is 25.6 Å². The Labute approximate surface area is 173 Å². The molecule has 1 fully saturated rings. The zero-order valence-corrected chi connectivity index (χ0v) is 16.8. The van der Waals surface area contributed by atoms with Crippen LogP contribution in [-0.4, -0.2) is 49.5 Å². The van der Waals surface area contributed by atoms with E-state index in [4.69, 9.17) is 9.97 Å². The molecule has 0 amide bonds. The summed E-state index contributed by atoms with van der Waals surface area (Å²) in [5, 5.41) is 3.10. The monoisotopic (exact) mass is 411 g/mol. The second-order valence-electron chi connectivity index (χ2n) is 7.58. The SMILES string of the molecule is C[C@H]1CC[C@@H](c2nc(Nc3cncc(C(F)F)c3)cc(-c3cnccn3)n2)CN1C. The number of piperidine rings is 1. The molecule has 0 radical (unpaired) electrons. The molecule has 2 atom stereocenters. The Balaban J connectivity index is 1.70. The minimum Gasteiger partial charge on any atom is -0.339 e. The molecule has 0 spiro atoms. The van der Waals surface area contributed by atoms with Crippen molar-refractivity contribution in [3.05, 3.63) is 54.5 Å². The summed E-state index contributed by atoms with van der Waals surface area (Å²) < 4.78 is 26.1. The predicted octanol–water partition coefficient (Wildman–Crippen LogP) is 4.21. The third-order valence-electron chi connectivity index (χ3n) is 5.41. The molecule has 4 rings (SSSR count). The van der Waals surface area contributed by atoms with Crippen LogP contribution in [0.5, 0.6) is 0 Å². The first-order chi connectivity index (χ1) is 14.5. The van der Waals surface area contributed by atoms with Crippen molar-refractivity contribution in [3.63, 3.8) is 0 Å². The second-order valence-corrected chi connectivity index (χ2v) is 7.58. The van der Waals surface area contributed by atoms with E-state index in [0.29, 0.717) is 34.8 Å². The van der Waals surface area contributed by atoms with Crippen molar-refractivity contribution in [2.45, 2.75) is 38.2 Å². The summed E-state index contributed by atoms with van der Waals surface area (Å²) in [4.78, 5) is 24.1. The molecule has 1 aliphatic rings. The summed E-state index contributed by atoms with van der Waals surface area (Å²) in [6, 6.07) is 3.64. The molecule has 0 unspecified atom stereocenters. The minimum absolute atomic E-state index is 0.147. The van der Waals surface area contributed by atoms with Gasteiger partial charge in [0.2, 0.25) is 0 Å². The summed E-state index contributed by atoms with van der Waals surface area (Å²) in [6.07, 6.45) is 6.96. The molecular formula is C21H23F2N7. The number of halogens is 2. The number of pyridine rings is 1. The van der Waals surface area contributed by atoms with Gasteiger partial charge in [0.15, 0.2) is 0 Å². The molecule has 1 saturated heterocycles. The number of hydrogen-bond acceptors (Lipinski definition) is 7. The maximum Gasteiger partial charge on any atom is 0.265 e. The molecular weight excluding hydrogens is 388 g/mol. The molecule has 0 aliphatic carbocycles. The standard InChI is InChI=1S/C21H23F2N7/c1-13-3-4-14(12-30(13)2)21-28-17(18-11-24-5-6-26-18)8-19(29-21)27-16-7-15(20(22)23)9-25-10-16/h5-11,13-14,20H,3-4,12H2,1-2H3,(H,27,28,29)/t13-,14+/m0/s1. The zero-order chi connectivity index (χ0) is 21.1. The molecule has 30 heavy (non-hydrogen) atoms. The molecule has 156 valence electrons. The van der Waals surface area contributed by atoms with Gasteiger partial charge in [0.1, 0.15) is 17.3 Å². The number of alkyl halides is 2. The highest BCUT2D eigenvalue weighted by molar-refractivity contribution is 5.63. The lowest BCUT2D eigenvalue weighted by Gasteiger charge is -2.34. The van der Waals surface area contributed by atoms with Gasteiger partial charge in [-0.05, 0) is 32.9 Å². The highest BCUT2D eigenvalue weighted by atomic mass is 19.3. The van der Waals surface area contributed by atoms with Crippen LogP contribution in [-0.2, 0) is 0 Å². The summed E-state index contributed by atoms with van der Waals surface area (Å²) in [6.45, 7) is 3.07. The highest BCUT2D eigenvalue weighted by Gasteiger charge is 2.26. The Morgan fingerprint density at radius 3 is 2.63 bits per heavy atom. The molecule has 3 aromatic rings. The number of anilines is 2. The molecule has 4 heterocycles. The third kappa shape index (κ3) is 4.56. The molecule has 0 aromatic carbocycles. The van der Waals surface area contributed by atoms with E-state index in [2.05, 4.69) is 39.1 Å². The van der Waals surface area contributed by atoms with E-state index in [1.807, 2.05) is 0 Å². The molecule has 1 N–H and O–H groups in total. The lowest BCUT2D eigenvalue weighted by molar-refractivity contribution is 0.151. The fourth-order valence-electron chi connectivity index (χ4n) is 3.56. The average Bonchev–Trinajstić information content (AvgIpc) is 2.76. The van der Waals surface area contributed by atoms with Crippen LogP contribution in [0.1, 0.15) is 43.5 Å². The lowest BCUT2D eigenvalue weighted by Crippen LogP contribution is -2.38. The zero-order valence-electron chi connectivity index (χ0n) is 16.8. The molecule has 7 nitrogen and oxygen atoms in total. The number of nitrogens with zero attached hydrogens (tertiary/aromatic N) is 6. The Bertz CT molecular complexity index is 1000. The highest BCUT2D eigenvalue weighted by Crippen LogP contribution is 2.30. The van der Waals surface area contributed by atoms with E-state index in [1.165, 1.54) is 12.3 Å². The number of hydrogen-bond donors (Lipinski definition) is 1. The van der Waals surface area contributed by atoms with Crippen molar-refractivity contribution in [1.29, 1.82) is 0 Å². The van der Waals surface area contributed by atoms with Gasteiger partial charge in [-0.1, -0.05) is 0 Å². The Hall–Kier alpha value is -3.07. The lowest BCUT2D eigenvalue weighted by atomic mass is 9.93. The van der Waals surface area contributed by atoms with Gasteiger partial charge in [-0.3, -0.25) is 15.0 Å². The van der Waals surface area contributed by atoms with Gasteiger partial charge >= 0.3 is 0 Å². The Kier molecular flexibility index (Phi) is 5.89. The van der Waals surface area contributed by atoms with Crippen molar-refractivity contribution in [1.82, 2.24) is 29.8 Å². The van der Waals surface area contributed by atoms with E-state index in [1.54, 1.807) is 24.7 Å². The Morgan fingerprint density at radius 1 is 1.03 bits per heavy atom. The summed E-state index contributed by atoms with van der Waals surface area (Å²) in [5.74, 6) is 1.39. The molecule has 1 aliphatic heterocycles. The van der Waals surface area contributed by atoms with Gasteiger partial charge in [0, 0.05) is 48.7 Å². The minimum atomic E-state index is -2.59. The second kappa shape index (κ2) is 8.74. The van der Waals surface area contributed by atoms with Gasteiger partial charge in [0.05, 0.1) is 23.8 Å². The quantitative estimate of drug-likeness (QED) is 0.674. The smallest absolute Gasteiger partial charge is 0.265 e. The fraction of sp³-hybridized carbons (Fsp3) is 0.381. The van der Waals surface area contributed by atoms with E-state index >= 15 is 0 Å². The first kappa shape index (κ1) is 20.2. The van der Waals surface area contributed by atoms with Gasteiger partial charge in [-0.25, -0.2) is 18.7 Å². The number of aromatic nitrogens is 5. The van der Waals surface area contributed by atoms with Gasteiger partial charge in [-0.15, -0.1) is 0 Å². The normalized spacial score (nSPS) is 19.8. The summed E-state index contributed by atoms with van der Waals surface area (Å²) in [5.41, 5.74) is 1.55. The van der Waals surface area contributed by atoms with Crippen LogP contribution in [0.3, 0.4) is 0 Å². The number of likely N-dealkylation sites (N-methyl/N-ethyl adjacent to an activating group) is 1. The maximum atomic E-state index is 13.0. The molecule has 3 aromatic heterocycles. The summed E-state index contributed by atoms with van der Waals surface area (Å²) in [7, 11) is 2.10. The fourth-order valence-corrected chi connectivity index (χ4v) is 3.56. The predicted molar refractivity (Wildman–Crippen MR) is 110 cm³/mol. The van der Waals surface area contributed by atoms with Crippen molar-refractivity contribution in [2.75, 3.05) is 18.9 Å². The molecule has 9 heteroatoms. The Morgan fingerprint density at radius 2 is 1.90 bits per heavy atom. The number of rotatable bonds is 5. The molecule has 0 bridgehead atoms. The van der Waals surface area contributed by atoms with Crippen LogP contribution in [0.15, 0.2) is 43.1 Å². The van der Waals surface area contributed by atoms with Crippen LogP contribution < -0.4 is 5.32 Å². The van der Waals surface area contributed by atoms with E-state index in [-0.39, 0.29) is 11.5 Å². The van der Waals surface area contributed by atoms with Crippen LogP contribution in [0, 0.1) is 0 Å². The average molecular weight is 411 g/mol. The van der Waals surface area contributed by atoms with Crippen LogP contribution in [0.4, 0.5) is 20.3 Å². The van der Waals surface area contributed by atoms with Crippen LogP contribution >= 0.6 is 0 Å². The van der Waals surface area contributed by atoms with Crippen LogP contribution in [0.2, 0.25) is 0 Å². The van der Waals surface area contributed by atoms with E-state index < -0.39 is 6.43 Å². The van der Waals surface area contributed by atoms with Crippen molar-refractivity contribution in [3.8, 4) is 11.4 Å². The number of likely N-dealkylation sites (tertiary alicyclic amines) is 1.